The summed E-state index contributed by atoms with van der Waals surface area (Å²) in [6.45, 7) is 3.79. The average Bonchev–Trinajstić information content (AvgIpc) is 2.60. The van der Waals surface area contributed by atoms with Gasteiger partial charge in [0, 0.05) is 20.1 Å². The Balaban J connectivity index is 0.00000225. The van der Waals surface area contributed by atoms with E-state index < -0.39 is 10.0 Å². The number of rotatable bonds is 6. The van der Waals surface area contributed by atoms with Crippen molar-refractivity contribution < 1.29 is 8.42 Å². The van der Waals surface area contributed by atoms with E-state index in [9.17, 15) is 8.42 Å². The molecule has 8 heteroatoms. The molecule has 1 heterocycles. The van der Waals surface area contributed by atoms with E-state index in [1.807, 2.05) is 6.92 Å². The van der Waals surface area contributed by atoms with E-state index in [0.29, 0.717) is 13.1 Å². The molecule has 16 heavy (non-hydrogen) atoms. The lowest BCUT2D eigenvalue weighted by molar-refractivity contribution is 0.560. The summed E-state index contributed by atoms with van der Waals surface area (Å²) in [6.07, 6.45) is 1.46. The van der Waals surface area contributed by atoms with Crippen LogP contribution in [0.4, 0.5) is 0 Å². The van der Waals surface area contributed by atoms with Crippen LogP contribution < -0.4 is 10.0 Å². The number of halogens is 1. The Labute approximate surface area is 102 Å². The van der Waals surface area contributed by atoms with Crippen LogP contribution in [0.2, 0.25) is 0 Å². The van der Waals surface area contributed by atoms with Crippen LogP contribution in [0.15, 0.2) is 17.3 Å². The lowest BCUT2D eigenvalue weighted by Crippen LogP contribution is -2.32. The molecular weight excluding hydrogens is 252 g/mol. The van der Waals surface area contributed by atoms with E-state index in [0.717, 1.165) is 6.54 Å². The van der Waals surface area contributed by atoms with E-state index in [2.05, 4.69) is 15.1 Å². The highest BCUT2D eigenvalue weighted by Gasteiger charge is 2.16. The second kappa shape index (κ2) is 6.85. The Morgan fingerprint density at radius 1 is 1.44 bits per heavy atom. The topological polar surface area (TPSA) is 76.0 Å². The largest absolute Gasteiger partial charge is 0.316 e. The van der Waals surface area contributed by atoms with Crippen LogP contribution >= 0.6 is 12.4 Å². The van der Waals surface area contributed by atoms with Crippen molar-refractivity contribution in [2.24, 2.45) is 7.05 Å². The molecule has 0 atom stereocenters. The standard InChI is InChI=1S/C8H16N4O2S.ClH/c1-3-9-6-7-11-15(13,14)8-4-5-10-12(8)2;/h4-5,9,11H,3,6-7H2,1-2H3;1H. The summed E-state index contributed by atoms with van der Waals surface area (Å²) in [5.41, 5.74) is 0. The monoisotopic (exact) mass is 268 g/mol. The maximum Gasteiger partial charge on any atom is 0.257 e. The second-order valence-electron chi connectivity index (χ2n) is 3.04. The Morgan fingerprint density at radius 2 is 2.12 bits per heavy atom. The summed E-state index contributed by atoms with van der Waals surface area (Å²) in [6, 6.07) is 1.47. The minimum absolute atomic E-state index is 0. The quantitative estimate of drug-likeness (QED) is 0.697. The molecule has 0 radical (unpaired) electrons. The molecule has 0 aromatic carbocycles. The summed E-state index contributed by atoms with van der Waals surface area (Å²) < 4.78 is 27.2. The molecule has 0 saturated heterocycles. The highest BCUT2D eigenvalue weighted by Crippen LogP contribution is 2.04. The van der Waals surface area contributed by atoms with Gasteiger partial charge in [0.05, 0.1) is 6.20 Å². The number of nitrogens with zero attached hydrogens (tertiary/aromatic N) is 2. The lowest BCUT2D eigenvalue weighted by Gasteiger charge is -2.06. The molecule has 0 amide bonds. The van der Waals surface area contributed by atoms with Crippen LogP contribution in [0.3, 0.4) is 0 Å². The van der Waals surface area contributed by atoms with Gasteiger partial charge in [0.15, 0.2) is 5.03 Å². The molecule has 0 aliphatic rings. The minimum atomic E-state index is -3.42. The predicted octanol–water partition coefficient (Wildman–Crippen LogP) is -0.270. The van der Waals surface area contributed by atoms with Crippen LogP contribution in [0.5, 0.6) is 0 Å². The van der Waals surface area contributed by atoms with Gasteiger partial charge in [-0.05, 0) is 12.6 Å². The van der Waals surface area contributed by atoms with Crippen molar-refractivity contribution in [1.29, 1.82) is 0 Å². The summed E-state index contributed by atoms with van der Waals surface area (Å²) in [5.74, 6) is 0. The molecule has 1 rings (SSSR count). The number of nitrogens with one attached hydrogen (secondary N) is 2. The number of hydrogen-bond acceptors (Lipinski definition) is 4. The molecule has 0 saturated carbocycles. The van der Waals surface area contributed by atoms with Gasteiger partial charge in [0.1, 0.15) is 0 Å². The van der Waals surface area contributed by atoms with Crippen LogP contribution in [0, 0.1) is 0 Å². The second-order valence-corrected chi connectivity index (χ2v) is 4.76. The molecule has 6 nitrogen and oxygen atoms in total. The van der Waals surface area contributed by atoms with Crippen molar-refractivity contribution in [3.63, 3.8) is 0 Å². The molecule has 0 bridgehead atoms. The number of aryl methyl sites for hydroxylation is 1. The first-order chi connectivity index (χ1) is 7.08. The van der Waals surface area contributed by atoms with Gasteiger partial charge >= 0.3 is 0 Å². The van der Waals surface area contributed by atoms with Gasteiger partial charge < -0.3 is 5.32 Å². The van der Waals surface area contributed by atoms with Gasteiger partial charge in [-0.1, -0.05) is 6.92 Å². The third-order valence-corrected chi connectivity index (χ3v) is 3.43. The predicted molar refractivity (Wildman–Crippen MR) is 64.2 cm³/mol. The number of likely N-dealkylation sites (N-methyl/N-ethyl adjacent to an activating group) is 1. The summed E-state index contributed by atoms with van der Waals surface area (Å²) >= 11 is 0. The third kappa shape index (κ3) is 4.09. The van der Waals surface area contributed by atoms with Crippen LogP contribution in [0.25, 0.3) is 0 Å². The number of aromatic nitrogens is 2. The number of hydrogen-bond donors (Lipinski definition) is 2. The first-order valence-corrected chi connectivity index (χ1v) is 6.24. The molecule has 0 fully saturated rings. The van der Waals surface area contributed by atoms with E-state index in [4.69, 9.17) is 0 Å². The maximum atomic E-state index is 11.7. The zero-order valence-electron chi connectivity index (χ0n) is 9.30. The molecule has 94 valence electrons. The first kappa shape index (κ1) is 15.4. The van der Waals surface area contributed by atoms with Crippen molar-refractivity contribution in [3.05, 3.63) is 12.3 Å². The fraction of sp³-hybridized carbons (Fsp3) is 0.625. The summed E-state index contributed by atoms with van der Waals surface area (Å²) in [5, 5.41) is 7.02. The Morgan fingerprint density at radius 3 is 2.62 bits per heavy atom. The zero-order chi connectivity index (χ0) is 11.3. The molecular formula is C8H17ClN4O2S. The summed E-state index contributed by atoms with van der Waals surface area (Å²) in [7, 11) is -1.82. The molecule has 2 N–H and O–H groups in total. The highest BCUT2D eigenvalue weighted by molar-refractivity contribution is 7.89. The minimum Gasteiger partial charge on any atom is -0.316 e. The maximum absolute atomic E-state index is 11.7. The smallest absolute Gasteiger partial charge is 0.257 e. The van der Waals surface area contributed by atoms with Crippen LogP contribution in [-0.4, -0.2) is 37.8 Å². The van der Waals surface area contributed by atoms with Gasteiger partial charge in [0.2, 0.25) is 0 Å². The van der Waals surface area contributed by atoms with Crippen LogP contribution in [-0.2, 0) is 17.1 Å². The van der Waals surface area contributed by atoms with E-state index in [1.54, 1.807) is 7.05 Å². The zero-order valence-corrected chi connectivity index (χ0v) is 10.9. The fourth-order valence-corrected chi connectivity index (χ4v) is 2.30. The molecule has 0 unspecified atom stereocenters. The van der Waals surface area contributed by atoms with Crippen molar-refractivity contribution in [3.8, 4) is 0 Å². The average molecular weight is 269 g/mol. The Kier molecular flexibility index (Phi) is 6.58. The highest BCUT2D eigenvalue weighted by atomic mass is 35.5. The Bertz CT molecular complexity index is 404. The molecule has 1 aromatic rings. The lowest BCUT2D eigenvalue weighted by atomic mass is 10.6. The molecule has 0 spiro atoms. The van der Waals surface area contributed by atoms with Gasteiger partial charge in [-0.3, -0.25) is 4.68 Å². The van der Waals surface area contributed by atoms with Gasteiger partial charge in [-0.2, -0.15) is 5.10 Å². The van der Waals surface area contributed by atoms with E-state index >= 15 is 0 Å². The van der Waals surface area contributed by atoms with E-state index in [1.165, 1.54) is 16.9 Å². The third-order valence-electron chi connectivity index (χ3n) is 1.90. The fourth-order valence-electron chi connectivity index (χ4n) is 1.15. The van der Waals surface area contributed by atoms with Crippen molar-refractivity contribution in [1.82, 2.24) is 19.8 Å². The SMILES string of the molecule is CCNCCNS(=O)(=O)c1ccnn1C.Cl. The normalized spacial score (nSPS) is 11.1. The Hall–Kier alpha value is -0.630. The van der Waals surface area contributed by atoms with Crippen molar-refractivity contribution >= 4 is 22.4 Å². The van der Waals surface area contributed by atoms with Crippen LogP contribution in [0.1, 0.15) is 6.92 Å². The number of sulfonamides is 1. The van der Waals surface area contributed by atoms with Gasteiger partial charge in [-0.25, -0.2) is 13.1 Å². The molecule has 0 aliphatic carbocycles. The van der Waals surface area contributed by atoms with Crippen molar-refractivity contribution in [2.75, 3.05) is 19.6 Å². The van der Waals surface area contributed by atoms with Crippen molar-refractivity contribution in [2.45, 2.75) is 11.9 Å². The summed E-state index contributed by atoms with van der Waals surface area (Å²) in [4.78, 5) is 0. The molecule has 1 aromatic heterocycles. The van der Waals surface area contributed by atoms with Gasteiger partial charge in [-0.15, -0.1) is 12.4 Å². The molecule has 0 aliphatic heterocycles. The van der Waals surface area contributed by atoms with E-state index in [-0.39, 0.29) is 17.4 Å². The first-order valence-electron chi connectivity index (χ1n) is 4.76. The van der Waals surface area contributed by atoms with Gasteiger partial charge in [0.25, 0.3) is 10.0 Å².